The van der Waals surface area contributed by atoms with Crippen LogP contribution in [-0.4, -0.2) is 11.2 Å². The van der Waals surface area contributed by atoms with E-state index < -0.39 is 0 Å². The lowest BCUT2D eigenvalue weighted by molar-refractivity contribution is 1.25. The minimum atomic E-state index is 0.850. The first kappa shape index (κ1) is 12.5. The Morgan fingerprint density at radius 2 is 2.12 bits per heavy atom. The SMILES string of the molecule is CSc1cccc(Nc2nccc(C)c2Br)c1. The smallest absolute Gasteiger partial charge is 0.144 e. The Kier molecular flexibility index (Phi) is 4.07. The second-order valence-corrected chi connectivity index (χ2v) is 5.32. The summed E-state index contributed by atoms with van der Waals surface area (Å²) in [5.74, 6) is 0.850. The van der Waals surface area contributed by atoms with Crippen LogP contribution in [0, 0.1) is 6.92 Å². The second kappa shape index (κ2) is 5.56. The zero-order valence-electron chi connectivity index (χ0n) is 9.70. The average Bonchev–Trinajstić information content (AvgIpc) is 2.35. The molecule has 4 heteroatoms. The molecule has 0 radical (unpaired) electrons. The van der Waals surface area contributed by atoms with E-state index in [-0.39, 0.29) is 0 Å². The molecule has 0 spiro atoms. The van der Waals surface area contributed by atoms with Gasteiger partial charge in [0.2, 0.25) is 0 Å². The van der Waals surface area contributed by atoms with Gasteiger partial charge in [-0.1, -0.05) is 6.07 Å². The number of hydrogen-bond acceptors (Lipinski definition) is 3. The van der Waals surface area contributed by atoms with E-state index in [4.69, 9.17) is 0 Å². The topological polar surface area (TPSA) is 24.9 Å². The summed E-state index contributed by atoms with van der Waals surface area (Å²) in [6.07, 6.45) is 3.88. The van der Waals surface area contributed by atoms with Gasteiger partial charge in [-0.3, -0.25) is 0 Å². The summed E-state index contributed by atoms with van der Waals surface area (Å²) in [6, 6.07) is 10.3. The number of aromatic nitrogens is 1. The lowest BCUT2D eigenvalue weighted by atomic mass is 10.3. The fraction of sp³-hybridized carbons (Fsp3) is 0.154. The van der Waals surface area contributed by atoms with E-state index >= 15 is 0 Å². The molecule has 1 heterocycles. The number of nitrogens with zero attached hydrogens (tertiary/aromatic N) is 1. The minimum absolute atomic E-state index is 0.850. The maximum Gasteiger partial charge on any atom is 0.144 e. The largest absolute Gasteiger partial charge is 0.339 e. The highest BCUT2D eigenvalue weighted by atomic mass is 79.9. The third-order valence-corrected chi connectivity index (χ3v) is 4.14. The van der Waals surface area contributed by atoms with Crippen molar-refractivity contribution in [1.82, 2.24) is 4.98 Å². The summed E-state index contributed by atoms with van der Waals surface area (Å²) in [6.45, 7) is 2.05. The Morgan fingerprint density at radius 1 is 1.29 bits per heavy atom. The average molecular weight is 309 g/mol. The molecule has 0 amide bonds. The predicted molar refractivity (Wildman–Crippen MR) is 78.2 cm³/mol. The van der Waals surface area contributed by atoms with Gasteiger partial charge >= 0.3 is 0 Å². The first-order chi connectivity index (χ1) is 8.20. The first-order valence-corrected chi connectivity index (χ1v) is 7.24. The van der Waals surface area contributed by atoms with Crippen molar-refractivity contribution in [3.63, 3.8) is 0 Å². The molecule has 88 valence electrons. The molecule has 2 nitrogen and oxygen atoms in total. The predicted octanol–water partition coefficient (Wildman–Crippen LogP) is 4.62. The molecule has 0 saturated heterocycles. The van der Waals surface area contributed by atoms with Crippen molar-refractivity contribution in [3.05, 3.63) is 46.6 Å². The van der Waals surface area contributed by atoms with E-state index in [1.807, 2.05) is 18.2 Å². The second-order valence-electron chi connectivity index (χ2n) is 3.65. The normalized spacial score (nSPS) is 10.3. The highest BCUT2D eigenvalue weighted by Crippen LogP contribution is 2.27. The van der Waals surface area contributed by atoms with Gasteiger partial charge in [0.15, 0.2) is 0 Å². The number of thioether (sulfide) groups is 1. The number of halogens is 1. The van der Waals surface area contributed by atoms with Crippen molar-refractivity contribution in [2.75, 3.05) is 11.6 Å². The zero-order chi connectivity index (χ0) is 12.3. The summed E-state index contributed by atoms with van der Waals surface area (Å²) >= 11 is 5.27. The molecule has 2 aromatic rings. The maximum absolute atomic E-state index is 4.33. The number of aryl methyl sites for hydroxylation is 1. The lowest BCUT2D eigenvalue weighted by Gasteiger charge is -2.09. The molecule has 0 fully saturated rings. The lowest BCUT2D eigenvalue weighted by Crippen LogP contribution is -1.95. The quantitative estimate of drug-likeness (QED) is 0.838. The zero-order valence-corrected chi connectivity index (χ0v) is 12.1. The van der Waals surface area contributed by atoms with Crippen LogP contribution in [0.1, 0.15) is 5.56 Å². The molecule has 1 N–H and O–H groups in total. The number of rotatable bonds is 3. The van der Waals surface area contributed by atoms with Crippen LogP contribution < -0.4 is 5.32 Å². The molecule has 0 saturated carbocycles. The fourth-order valence-electron chi connectivity index (χ4n) is 1.46. The van der Waals surface area contributed by atoms with E-state index in [1.54, 1.807) is 18.0 Å². The van der Waals surface area contributed by atoms with Crippen LogP contribution in [0.2, 0.25) is 0 Å². The first-order valence-electron chi connectivity index (χ1n) is 5.23. The van der Waals surface area contributed by atoms with Gasteiger partial charge in [-0.05, 0) is 58.9 Å². The summed E-state index contributed by atoms with van der Waals surface area (Å²) in [7, 11) is 0. The molecule has 0 atom stereocenters. The Bertz CT molecular complexity index is 529. The Hall–Kier alpha value is -1.00. The Labute approximate surface area is 114 Å². The molecular weight excluding hydrogens is 296 g/mol. The van der Waals surface area contributed by atoms with E-state index in [1.165, 1.54) is 10.5 Å². The molecular formula is C13H13BrN2S. The minimum Gasteiger partial charge on any atom is -0.339 e. The van der Waals surface area contributed by atoms with Crippen molar-refractivity contribution in [2.24, 2.45) is 0 Å². The van der Waals surface area contributed by atoms with Gasteiger partial charge in [-0.15, -0.1) is 11.8 Å². The molecule has 1 aromatic carbocycles. The van der Waals surface area contributed by atoms with E-state index in [2.05, 4.69) is 51.5 Å². The van der Waals surface area contributed by atoms with E-state index in [0.717, 1.165) is 16.0 Å². The van der Waals surface area contributed by atoms with Crippen LogP contribution in [-0.2, 0) is 0 Å². The molecule has 17 heavy (non-hydrogen) atoms. The number of nitrogens with one attached hydrogen (secondary N) is 1. The van der Waals surface area contributed by atoms with Gasteiger partial charge in [0, 0.05) is 16.8 Å². The van der Waals surface area contributed by atoms with Crippen LogP contribution in [0.25, 0.3) is 0 Å². The van der Waals surface area contributed by atoms with Crippen molar-refractivity contribution in [3.8, 4) is 0 Å². The Balaban J connectivity index is 2.28. The van der Waals surface area contributed by atoms with Gasteiger partial charge in [-0.25, -0.2) is 4.98 Å². The molecule has 0 aliphatic rings. The maximum atomic E-state index is 4.33. The highest BCUT2D eigenvalue weighted by Gasteiger charge is 2.04. The van der Waals surface area contributed by atoms with Crippen LogP contribution >= 0.6 is 27.7 Å². The van der Waals surface area contributed by atoms with E-state index in [9.17, 15) is 0 Å². The summed E-state index contributed by atoms with van der Waals surface area (Å²) in [5, 5.41) is 3.32. The van der Waals surface area contributed by atoms with Crippen LogP contribution in [0.5, 0.6) is 0 Å². The molecule has 1 aromatic heterocycles. The van der Waals surface area contributed by atoms with Crippen LogP contribution in [0.4, 0.5) is 11.5 Å². The number of pyridine rings is 1. The summed E-state index contributed by atoms with van der Waals surface area (Å²) < 4.78 is 1.01. The van der Waals surface area contributed by atoms with Gasteiger partial charge in [0.1, 0.15) is 5.82 Å². The summed E-state index contributed by atoms with van der Waals surface area (Å²) in [4.78, 5) is 5.56. The highest BCUT2D eigenvalue weighted by molar-refractivity contribution is 9.10. The molecule has 0 aliphatic heterocycles. The third kappa shape index (κ3) is 3.01. The van der Waals surface area contributed by atoms with Crippen LogP contribution in [0.15, 0.2) is 45.9 Å². The van der Waals surface area contributed by atoms with Crippen molar-refractivity contribution < 1.29 is 0 Å². The number of benzene rings is 1. The van der Waals surface area contributed by atoms with Gasteiger partial charge in [0.25, 0.3) is 0 Å². The fourth-order valence-corrected chi connectivity index (χ4v) is 2.26. The third-order valence-electron chi connectivity index (χ3n) is 2.41. The number of hydrogen-bond donors (Lipinski definition) is 1. The molecule has 0 aliphatic carbocycles. The molecule has 0 unspecified atom stereocenters. The van der Waals surface area contributed by atoms with E-state index in [0.29, 0.717) is 0 Å². The van der Waals surface area contributed by atoms with Gasteiger partial charge < -0.3 is 5.32 Å². The van der Waals surface area contributed by atoms with Crippen LogP contribution in [0.3, 0.4) is 0 Å². The van der Waals surface area contributed by atoms with Crippen molar-refractivity contribution >= 4 is 39.2 Å². The molecule has 0 bridgehead atoms. The number of anilines is 2. The van der Waals surface area contributed by atoms with Gasteiger partial charge in [-0.2, -0.15) is 0 Å². The van der Waals surface area contributed by atoms with Crippen molar-refractivity contribution in [2.45, 2.75) is 11.8 Å². The Morgan fingerprint density at radius 3 is 2.88 bits per heavy atom. The molecule has 2 rings (SSSR count). The standard InChI is InChI=1S/C13H13BrN2S/c1-9-6-7-15-13(12(9)14)16-10-4-3-5-11(8-10)17-2/h3-8H,1-2H3,(H,15,16). The van der Waals surface area contributed by atoms with Crippen molar-refractivity contribution in [1.29, 1.82) is 0 Å². The van der Waals surface area contributed by atoms with Gasteiger partial charge in [0.05, 0.1) is 4.47 Å². The monoisotopic (exact) mass is 308 g/mol. The summed E-state index contributed by atoms with van der Waals surface area (Å²) in [5.41, 5.74) is 2.22.